The summed E-state index contributed by atoms with van der Waals surface area (Å²) in [6, 6.07) is 0. The minimum atomic E-state index is -4.54. The first-order valence-corrected chi connectivity index (χ1v) is 14.4. The standard InChI is InChI=1S/C23H43O6PS/c1-7-28-30(24,29-8-2)23(31(25,26)27)19-11-9-10-15-21(5)17-13-18-22(6)16-12-14-20(3)4/h14-15,18,23H,7-13,16-17,19H2,1-6H3,(H,25,26,27). The van der Waals surface area contributed by atoms with Crippen molar-refractivity contribution in [3.8, 4) is 0 Å². The lowest BCUT2D eigenvalue weighted by atomic mass is 10.1. The fourth-order valence-electron chi connectivity index (χ4n) is 3.18. The smallest absolute Gasteiger partial charge is 0.308 e. The van der Waals surface area contributed by atoms with Gasteiger partial charge in [0.05, 0.1) is 13.2 Å². The molecule has 0 fully saturated rings. The number of rotatable bonds is 17. The van der Waals surface area contributed by atoms with Crippen molar-refractivity contribution in [1.82, 2.24) is 0 Å². The number of hydrogen-bond acceptors (Lipinski definition) is 5. The molecule has 0 aliphatic rings. The van der Waals surface area contributed by atoms with Crippen molar-refractivity contribution in [2.24, 2.45) is 0 Å². The van der Waals surface area contributed by atoms with E-state index in [4.69, 9.17) is 9.05 Å². The van der Waals surface area contributed by atoms with Crippen LogP contribution in [0.5, 0.6) is 0 Å². The van der Waals surface area contributed by atoms with Gasteiger partial charge in [0.1, 0.15) is 0 Å². The SMILES string of the molecule is CCOP(=O)(OCC)C(CCCCC=C(C)CCC=C(C)CCC=C(C)C)S(=O)(=O)O. The molecular weight excluding hydrogens is 435 g/mol. The van der Waals surface area contributed by atoms with Crippen LogP contribution in [-0.2, 0) is 23.7 Å². The minimum absolute atomic E-state index is 0.0383. The zero-order valence-corrected chi connectivity index (χ0v) is 21.9. The fourth-order valence-corrected chi connectivity index (χ4v) is 6.94. The van der Waals surface area contributed by atoms with Crippen LogP contribution < -0.4 is 0 Å². The van der Waals surface area contributed by atoms with Gasteiger partial charge in [-0.05, 0) is 86.5 Å². The van der Waals surface area contributed by atoms with Crippen LogP contribution in [0.25, 0.3) is 0 Å². The average molecular weight is 479 g/mol. The molecule has 6 nitrogen and oxygen atoms in total. The van der Waals surface area contributed by atoms with Gasteiger partial charge < -0.3 is 9.05 Å². The maximum atomic E-state index is 12.8. The number of hydrogen-bond donors (Lipinski definition) is 1. The molecular formula is C23H43O6PS. The first-order valence-electron chi connectivity index (χ1n) is 11.3. The molecule has 0 aliphatic heterocycles. The molecule has 0 aromatic heterocycles. The molecule has 182 valence electrons. The molecule has 0 amide bonds. The van der Waals surface area contributed by atoms with E-state index in [0.29, 0.717) is 6.42 Å². The zero-order chi connectivity index (χ0) is 23.9. The number of allylic oxidation sites excluding steroid dienone is 6. The third kappa shape index (κ3) is 14.1. The lowest BCUT2D eigenvalue weighted by molar-refractivity contribution is 0.215. The van der Waals surface area contributed by atoms with Gasteiger partial charge in [-0.25, -0.2) is 0 Å². The van der Waals surface area contributed by atoms with Crippen LogP contribution in [0.2, 0.25) is 0 Å². The van der Waals surface area contributed by atoms with E-state index >= 15 is 0 Å². The van der Waals surface area contributed by atoms with Crippen molar-refractivity contribution >= 4 is 17.7 Å². The summed E-state index contributed by atoms with van der Waals surface area (Å²) >= 11 is 0. The van der Waals surface area contributed by atoms with Crippen LogP contribution in [0.15, 0.2) is 34.9 Å². The Bertz CT molecular complexity index is 738. The van der Waals surface area contributed by atoms with Gasteiger partial charge in [-0.1, -0.05) is 41.4 Å². The Labute approximate surface area is 190 Å². The molecule has 0 rings (SSSR count). The lowest BCUT2D eigenvalue weighted by Gasteiger charge is -2.23. The van der Waals surface area contributed by atoms with E-state index in [-0.39, 0.29) is 19.6 Å². The molecule has 0 aliphatic carbocycles. The van der Waals surface area contributed by atoms with Crippen molar-refractivity contribution < 1.29 is 26.6 Å². The summed E-state index contributed by atoms with van der Waals surface area (Å²) < 4.78 is 56.2. The highest BCUT2D eigenvalue weighted by Crippen LogP contribution is 2.56. The van der Waals surface area contributed by atoms with Gasteiger partial charge in [0, 0.05) is 0 Å². The molecule has 0 heterocycles. The highest BCUT2D eigenvalue weighted by Gasteiger charge is 2.43. The Morgan fingerprint density at radius 1 is 0.871 bits per heavy atom. The van der Waals surface area contributed by atoms with E-state index in [2.05, 4.69) is 45.9 Å². The highest BCUT2D eigenvalue weighted by atomic mass is 32.2. The van der Waals surface area contributed by atoms with Crippen molar-refractivity contribution in [1.29, 1.82) is 0 Å². The molecule has 0 bridgehead atoms. The van der Waals surface area contributed by atoms with Crippen LogP contribution in [0, 0.1) is 0 Å². The Morgan fingerprint density at radius 3 is 1.81 bits per heavy atom. The summed E-state index contributed by atoms with van der Waals surface area (Å²) in [7, 11) is -8.46. The Kier molecular flexibility index (Phi) is 15.6. The topological polar surface area (TPSA) is 89.9 Å². The van der Waals surface area contributed by atoms with E-state index < -0.39 is 22.7 Å². The van der Waals surface area contributed by atoms with E-state index in [9.17, 15) is 17.5 Å². The van der Waals surface area contributed by atoms with Gasteiger partial charge in [0.15, 0.2) is 4.99 Å². The molecule has 0 spiro atoms. The average Bonchev–Trinajstić information content (AvgIpc) is 2.63. The van der Waals surface area contributed by atoms with Gasteiger partial charge in [-0.3, -0.25) is 9.12 Å². The molecule has 1 unspecified atom stereocenters. The molecule has 0 saturated heterocycles. The van der Waals surface area contributed by atoms with Crippen molar-refractivity contribution in [3.05, 3.63) is 34.9 Å². The second-order valence-corrected chi connectivity index (χ2v) is 12.3. The fraction of sp³-hybridized carbons (Fsp3) is 0.739. The molecule has 1 atom stereocenters. The molecule has 31 heavy (non-hydrogen) atoms. The molecule has 0 saturated carbocycles. The zero-order valence-electron chi connectivity index (χ0n) is 20.2. The summed E-state index contributed by atoms with van der Waals surface area (Å²) in [4.78, 5) is -1.54. The van der Waals surface area contributed by atoms with Crippen LogP contribution >= 0.6 is 7.60 Å². The predicted octanol–water partition coefficient (Wildman–Crippen LogP) is 7.45. The first kappa shape index (κ1) is 30.3. The quantitative estimate of drug-likeness (QED) is 0.101. The van der Waals surface area contributed by atoms with Crippen molar-refractivity contribution in [2.75, 3.05) is 13.2 Å². The van der Waals surface area contributed by atoms with Crippen LogP contribution in [0.4, 0.5) is 0 Å². The molecule has 0 aromatic rings. The van der Waals surface area contributed by atoms with Crippen LogP contribution in [-0.4, -0.2) is 31.2 Å². The molecule has 0 aromatic carbocycles. The normalized spacial score (nSPS) is 14.5. The van der Waals surface area contributed by atoms with E-state index in [1.54, 1.807) is 13.8 Å². The van der Waals surface area contributed by atoms with E-state index in [1.807, 2.05) is 0 Å². The largest absolute Gasteiger partial charge is 0.351 e. The van der Waals surface area contributed by atoms with Crippen LogP contribution in [0.3, 0.4) is 0 Å². The maximum Gasteiger partial charge on any atom is 0.351 e. The summed E-state index contributed by atoms with van der Waals surface area (Å²) in [5.74, 6) is 0. The van der Waals surface area contributed by atoms with Gasteiger partial charge in [0.25, 0.3) is 10.1 Å². The van der Waals surface area contributed by atoms with E-state index in [0.717, 1.165) is 38.5 Å². The van der Waals surface area contributed by atoms with Crippen molar-refractivity contribution in [3.63, 3.8) is 0 Å². The second kappa shape index (κ2) is 16.0. The van der Waals surface area contributed by atoms with Crippen LogP contribution in [0.1, 0.15) is 92.9 Å². The third-order valence-corrected chi connectivity index (χ3v) is 9.53. The number of unbranched alkanes of at least 4 members (excludes halogenated alkanes) is 2. The lowest BCUT2D eigenvalue weighted by Crippen LogP contribution is -2.23. The van der Waals surface area contributed by atoms with Gasteiger partial charge >= 0.3 is 7.60 Å². The third-order valence-electron chi connectivity index (χ3n) is 4.84. The predicted molar refractivity (Wildman–Crippen MR) is 130 cm³/mol. The summed E-state index contributed by atoms with van der Waals surface area (Å²) in [6.45, 7) is 11.8. The van der Waals surface area contributed by atoms with Gasteiger partial charge in [-0.15, -0.1) is 0 Å². The molecule has 0 radical (unpaired) electrons. The Morgan fingerprint density at radius 2 is 1.35 bits per heavy atom. The molecule has 1 N–H and O–H groups in total. The summed E-state index contributed by atoms with van der Waals surface area (Å²) in [6.07, 6.45) is 13.0. The first-order chi connectivity index (χ1) is 14.5. The summed E-state index contributed by atoms with van der Waals surface area (Å²) in [5, 5.41) is 0. The Hall–Kier alpha value is -0.720. The van der Waals surface area contributed by atoms with Crippen molar-refractivity contribution in [2.45, 2.75) is 97.9 Å². The van der Waals surface area contributed by atoms with E-state index in [1.165, 1.54) is 16.7 Å². The molecule has 8 heteroatoms. The van der Waals surface area contributed by atoms with Gasteiger partial charge in [0.2, 0.25) is 0 Å². The maximum absolute atomic E-state index is 12.8. The summed E-state index contributed by atoms with van der Waals surface area (Å²) in [5.41, 5.74) is 4.07. The highest BCUT2D eigenvalue weighted by molar-refractivity contribution is 7.94. The minimum Gasteiger partial charge on any atom is -0.308 e. The second-order valence-electron chi connectivity index (χ2n) is 8.09. The Balaban J connectivity index is 4.54. The van der Waals surface area contributed by atoms with Gasteiger partial charge in [-0.2, -0.15) is 8.42 Å². The monoisotopic (exact) mass is 478 g/mol.